The van der Waals surface area contributed by atoms with Crippen LogP contribution in [0.3, 0.4) is 0 Å². The minimum atomic E-state index is -1.17. The van der Waals surface area contributed by atoms with Crippen LogP contribution in [0.15, 0.2) is 0 Å². The molecule has 0 aliphatic heterocycles. The average molecular weight is 153 g/mol. The predicted octanol–water partition coefficient (Wildman–Crippen LogP) is 0.487. The Kier molecular flexibility index (Phi) is 13.2. The van der Waals surface area contributed by atoms with E-state index in [0.29, 0.717) is 6.61 Å². The topological polar surface area (TPSA) is 63.6 Å². The van der Waals surface area contributed by atoms with Crippen LogP contribution >= 0.6 is 8.69 Å². The van der Waals surface area contributed by atoms with Crippen molar-refractivity contribution >= 4 is 14.7 Å². The third kappa shape index (κ3) is 36.0. The molecule has 0 saturated carbocycles. The molecule has 0 saturated heterocycles. The lowest BCUT2D eigenvalue weighted by Crippen LogP contribution is -1.95. The summed E-state index contributed by atoms with van der Waals surface area (Å²) < 4.78 is 12.9. The van der Waals surface area contributed by atoms with Crippen molar-refractivity contribution in [1.82, 2.24) is 0 Å². The average Bonchev–Trinajstić information content (AvgIpc) is 1.67. The van der Waals surface area contributed by atoms with E-state index in [0.717, 1.165) is 0 Å². The standard InChI is InChI=1S/C4H8O2.HO2P/c1-3-6-4(2)5;1-3-2/h3H2,1-2H3;3H/p+1. The molecule has 1 unspecified atom stereocenters. The van der Waals surface area contributed by atoms with E-state index in [4.69, 9.17) is 9.46 Å². The van der Waals surface area contributed by atoms with Crippen LogP contribution in [0.25, 0.3) is 0 Å². The van der Waals surface area contributed by atoms with E-state index in [2.05, 4.69) is 4.74 Å². The number of ether oxygens (including phenoxy) is 1. The van der Waals surface area contributed by atoms with Gasteiger partial charge in [0.05, 0.1) is 6.61 Å². The molecule has 9 heavy (non-hydrogen) atoms. The summed E-state index contributed by atoms with van der Waals surface area (Å²) in [6.07, 6.45) is 0. The van der Waals surface area contributed by atoms with Gasteiger partial charge in [0, 0.05) is 6.92 Å². The molecule has 4 nitrogen and oxygen atoms in total. The summed E-state index contributed by atoms with van der Waals surface area (Å²) in [5, 5.41) is 0. The number of hydrogen-bond acceptors (Lipinski definition) is 3. The summed E-state index contributed by atoms with van der Waals surface area (Å²) in [5.41, 5.74) is 0. The molecule has 0 fully saturated rings. The molecule has 0 aromatic carbocycles. The zero-order valence-electron chi connectivity index (χ0n) is 5.38. The lowest BCUT2D eigenvalue weighted by molar-refractivity contribution is -0.140. The molecule has 0 amide bonds. The first kappa shape index (κ1) is 11.3. The fourth-order valence-corrected chi connectivity index (χ4v) is 0.203. The van der Waals surface area contributed by atoms with Crippen LogP contribution in [-0.2, 0) is 14.1 Å². The van der Waals surface area contributed by atoms with Gasteiger partial charge in [-0.25, -0.2) is 0 Å². The molecule has 54 valence electrons. The van der Waals surface area contributed by atoms with E-state index >= 15 is 0 Å². The van der Waals surface area contributed by atoms with Gasteiger partial charge in [-0.2, -0.15) is 4.89 Å². The van der Waals surface area contributed by atoms with Crippen molar-refractivity contribution in [1.29, 1.82) is 0 Å². The highest BCUT2D eigenvalue weighted by molar-refractivity contribution is 7.16. The Balaban J connectivity index is 0. The van der Waals surface area contributed by atoms with Crippen LogP contribution in [0.1, 0.15) is 13.8 Å². The van der Waals surface area contributed by atoms with E-state index in [1.165, 1.54) is 6.92 Å². The van der Waals surface area contributed by atoms with Crippen LogP contribution in [0.4, 0.5) is 0 Å². The molecule has 0 aromatic heterocycles. The predicted molar refractivity (Wildman–Crippen MR) is 33.5 cm³/mol. The fourth-order valence-electron chi connectivity index (χ4n) is 0.203. The number of rotatable bonds is 1. The maximum absolute atomic E-state index is 9.82. The second kappa shape index (κ2) is 10.5. The van der Waals surface area contributed by atoms with Crippen LogP contribution < -0.4 is 0 Å². The number of carbonyl (C=O) groups excluding carboxylic acids is 1. The van der Waals surface area contributed by atoms with Crippen LogP contribution in [0, 0.1) is 0 Å². The number of esters is 1. The van der Waals surface area contributed by atoms with Crippen molar-refractivity contribution in [2.45, 2.75) is 13.8 Å². The molecule has 0 rings (SSSR count). The first-order valence-corrected chi connectivity index (χ1v) is 3.19. The van der Waals surface area contributed by atoms with E-state index in [1.807, 2.05) is 0 Å². The van der Waals surface area contributed by atoms with E-state index in [1.54, 1.807) is 6.92 Å². The lowest BCUT2D eigenvalue weighted by Gasteiger charge is -1.89. The molecule has 0 spiro atoms. The summed E-state index contributed by atoms with van der Waals surface area (Å²) in [5.74, 6) is -0.211. The third-order valence-electron chi connectivity index (χ3n) is 0.348. The normalized spacial score (nSPS) is 7.44. The van der Waals surface area contributed by atoms with Crippen molar-refractivity contribution in [2.24, 2.45) is 0 Å². The van der Waals surface area contributed by atoms with Gasteiger partial charge in [0.2, 0.25) is 0 Å². The Morgan fingerprint density at radius 1 is 1.78 bits per heavy atom. The number of carbonyl (C=O) groups is 1. The lowest BCUT2D eigenvalue weighted by atomic mass is 10.8. The second-order valence-electron chi connectivity index (χ2n) is 1.02. The van der Waals surface area contributed by atoms with Gasteiger partial charge in [-0.15, -0.1) is 0 Å². The maximum Gasteiger partial charge on any atom is 0.491 e. The third-order valence-corrected chi connectivity index (χ3v) is 0.348. The van der Waals surface area contributed by atoms with Crippen molar-refractivity contribution in [3.05, 3.63) is 0 Å². The van der Waals surface area contributed by atoms with Gasteiger partial charge in [0.15, 0.2) is 0 Å². The first-order chi connectivity index (χ1) is 4.18. The Hall–Kier alpha value is -0.470. The van der Waals surface area contributed by atoms with E-state index in [9.17, 15) is 4.79 Å². The molecule has 1 N–H and O–H groups in total. The van der Waals surface area contributed by atoms with Gasteiger partial charge in [0.1, 0.15) is 0 Å². The van der Waals surface area contributed by atoms with Crippen LogP contribution in [-0.4, -0.2) is 17.5 Å². The highest BCUT2D eigenvalue weighted by atomic mass is 31.1. The van der Waals surface area contributed by atoms with Gasteiger partial charge >= 0.3 is 14.7 Å². The monoisotopic (exact) mass is 153 g/mol. The van der Waals surface area contributed by atoms with Gasteiger partial charge < -0.3 is 4.74 Å². The zero-order chi connectivity index (χ0) is 7.70. The van der Waals surface area contributed by atoms with Crippen molar-refractivity contribution in [2.75, 3.05) is 6.61 Å². The van der Waals surface area contributed by atoms with Crippen molar-refractivity contribution in [3.8, 4) is 0 Å². The van der Waals surface area contributed by atoms with Crippen molar-refractivity contribution in [3.63, 3.8) is 0 Å². The maximum atomic E-state index is 9.82. The molecular weight excluding hydrogens is 143 g/mol. The molecule has 0 aromatic rings. The van der Waals surface area contributed by atoms with Crippen LogP contribution in [0.5, 0.6) is 0 Å². The zero-order valence-corrected chi connectivity index (χ0v) is 6.38. The van der Waals surface area contributed by atoms with Gasteiger partial charge in [-0.1, -0.05) is 0 Å². The minimum Gasteiger partial charge on any atom is -0.466 e. The molecule has 0 aliphatic rings. The summed E-state index contributed by atoms with van der Waals surface area (Å²) >= 11 is 0. The largest absolute Gasteiger partial charge is 0.491 e. The molecule has 0 bridgehead atoms. The van der Waals surface area contributed by atoms with Crippen LogP contribution in [0.2, 0.25) is 0 Å². The fraction of sp³-hybridized carbons (Fsp3) is 0.750. The van der Waals surface area contributed by atoms with Gasteiger partial charge in [-0.05, 0) is 11.5 Å². The highest BCUT2D eigenvalue weighted by Crippen LogP contribution is 1.69. The van der Waals surface area contributed by atoms with Crippen molar-refractivity contribution < 1.29 is 19.0 Å². The Bertz CT molecular complexity index is 82.6. The highest BCUT2D eigenvalue weighted by Gasteiger charge is 1.81. The first-order valence-electron chi connectivity index (χ1n) is 2.33. The SMILES string of the molecule is CCOC(C)=O.O=[PH+]O. The van der Waals surface area contributed by atoms with Gasteiger partial charge in [-0.3, -0.25) is 4.79 Å². The van der Waals surface area contributed by atoms with E-state index in [-0.39, 0.29) is 5.97 Å². The smallest absolute Gasteiger partial charge is 0.466 e. The summed E-state index contributed by atoms with van der Waals surface area (Å²) in [6, 6.07) is 0. The number of hydrogen-bond donors (Lipinski definition) is 1. The summed E-state index contributed by atoms with van der Waals surface area (Å²) in [4.78, 5) is 16.9. The van der Waals surface area contributed by atoms with E-state index < -0.39 is 8.69 Å². The molecular formula is C4H10O4P+. The summed E-state index contributed by atoms with van der Waals surface area (Å²) in [7, 11) is -1.17. The quantitative estimate of drug-likeness (QED) is 0.439. The minimum absolute atomic E-state index is 0.211. The summed E-state index contributed by atoms with van der Waals surface area (Å²) in [6.45, 7) is 3.65. The second-order valence-corrected chi connectivity index (χ2v) is 1.20. The Morgan fingerprint density at radius 3 is 2.11 bits per heavy atom. The molecule has 1 atom stereocenters. The Morgan fingerprint density at radius 2 is 2.11 bits per heavy atom. The Labute approximate surface area is 55.1 Å². The molecule has 0 heterocycles. The molecule has 5 heteroatoms. The van der Waals surface area contributed by atoms with Gasteiger partial charge in [0.25, 0.3) is 0 Å². The molecule has 0 radical (unpaired) electrons. The molecule has 0 aliphatic carbocycles.